The number of fused-ring (bicyclic) bond motifs is 4. The van der Waals surface area contributed by atoms with E-state index in [0.717, 1.165) is 72.0 Å². The molecule has 56 heavy (non-hydrogen) atoms. The summed E-state index contributed by atoms with van der Waals surface area (Å²) < 4.78 is 13.5. The van der Waals surface area contributed by atoms with E-state index in [1.807, 2.05) is 12.5 Å². The lowest BCUT2D eigenvalue weighted by Crippen LogP contribution is -1.90. The first-order chi connectivity index (χ1) is 27.8. The summed E-state index contributed by atoms with van der Waals surface area (Å²) in [6.07, 6.45) is 3.84. The van der Waals surface area contributed by atoms with Crippen molar-refractivity contribution in [3.63, 3.8) is 0 Å². The molecule has 0 saturated heterocycles. The van der Waals surface area contributed by atoms with Gasteiger partial charge in [0.15, 0.2) is 0 Å². The molecule has 0 aliphatic carbocycles. The second-order valence-corrected chi connectivity index (χ2v) is 14.4. The number of hydrogen-bond donors (Lipinski definition) is 0. The van der Waals surface area contributed by atoms with Gasteiger partial charge in [-0.1, -0.05) is 194 Å². The van der Waals surface area contributed by atoms with Gasteiger partial charge >= 0.3 is 0 Å². The smallest absolute Gasteiger partial charge is 0.146 e. The van der Waals surface area contributed by atoms with Crippen molar-refractivity contribution in [2.45, 2.75) is 0 Å². The lowest BCUT2D eigenvalue weighted by molar-refractivity contribution is 0.607. The van der Waals surface area contributed by atoms with Gasteiger partial charge in [0, 0.05) is 27.5 Å². The van der Waals surface area contributed by atoms with Gasteiger partial charge in [-0.25, -0.2) is 0 Å². The van der Waals surface area contributed by atoms with Crippen LogP contribution in [0.5, 0.6) is 0 Å². The summed E-state index contributed by atoms with van der Waals surface area (Å²) in [4.78, 5) is 0. The fraction of sp³-hybridized carbons (Fsp3) is 0. The molecular formula is C54H34O2. The van der Waals surface area contributed by atoms with E-state index >= 15 is 0 Å². The Morgan fingerprint density at radius 2 is 0.607 bits per heavy atom. The van der Waals surface area contributed by atoms with Crippen molar-refractivity contribution in [1.82, 2.24) is 0 Å². The number of rotatable bonds is 6. The van der Waals surface area contributed by atoms with Gasteiger partial charge in [0.05, 0.1) is 18.1 Å². The van der Waals surface area contributed by atoms with Crippen LogP contribution in [0.4, 0.5) is 0 Å². The first kappa shape index (κ1) is 32.0. The van der Waals surface area contributed by atoms with Crippen molar-refractivity contribution in [3.05, 3.63) is 207 Å². The van der Waals surface area contributed by atoms with Crippen molar-refractivity contribution in [2.24, 2.45) is 0 Å². The van der Waals surface area contributed by atoms with Gasteiger partial charge in [-0.3, -0.25) is 0 Å². The molecule has 0 unspecified atom stereocenters. The van der Waals surface area contributed by atoms with Crippen molar-refractivity contribution in [1.29, 1.82) is 0 Å². The third-order valence-electron chi connectivity index (χ3n) is 11.3. The van der Waals surface area contributed by atoms with E-state index in [0.29, 0.717) is 0 Å². The topological polar surface area (TPSA) is 26.3 Å². The summed E-state index contributed by atoms with van der Waals surface area (Å²) in [5.74, 6) is 0. The molecule has 2 heteroatoms. The number of hydrogen-bond acceptors (Lipinski definition) is 2. The maximum absolute atomic E-state index is 6.73. The highest BCUT2D eigenvalue weighted by Gasteiger charge is 2.27. The average Bonchev–Trinajstić information content (AvgIpc) is 3.92. The van der Waals surface area contributed by atoms with E-state index in [1.54, 1.807) is 0 Å². The lowest BCUT2D eigenvalue weighted by atomic mass is 9.86. The van der Waals surface area contributed by atoms with Gasteiger partial charge in [0.2, 0.25) is 0 Å². The summed E-state index contributed by atoms with van der Waals surface area (Å²) in [5.41, 5.74) is 14.8. The maximum Gasteiger partial charge on any atom is 0.146 e. The van der Waals surface area contributed by atoms with Crippen LogP contribution in [0.1, 0.15) is 0 Å². The molecule has 2 aromatic heterocycles. The third-order valence-corrected chi connectivity index (χ3v) is 11.3. The number of furan rings is 2. The molecule has 0 aliphatic heterocycles. The van der Waals surface area contributed by atoms with Crippen molar-refractivity contribution >= 4 is 43.5 Å². The first-order valence-corrected chi connectivity index (χ1v) is 19.1. The molecular weight excluding hydrogens is 681 g/mol. The largest absolute Gasteiger partial charge is 0.463 e. The fourth-order valence-electron chi connectivity index (χ4n) is 8.61. The molecule has 11 rings (SSSR count). The molecule has 0 radical (unpaired) electrons. The normalized spacial score (nSPS) is 11.6. The Morgan fingerprint density at radius 1 is 0.250 bits per heavy atom. The zero-order valence-electron chi connectivity index (χ0n) is 30.4. The van der Waals surface area contributed by atoms with Crippen LogP contribution in [-0.4, -0.2) is 0 Å². The highest BCUT2D eigenvalue weighted by Crippen LogP contribution is 2.51. The van der Waals surface area contributed by atoms with E-state index in [9.17, 15) is 0 Å². The standard InChI is InChI=1S/C54H34O2/c1-3-13-37(14-4-1)47-33-55-53-50(42-31-27-40(28-32-42)46-24-12-20-36-18-8-10-22-44(36)46)54-52(48(34-56-54)38-15-5-2-6-16-38)49(51(47)53)41-29-25-39(26-30-41)45-23-11-19-35-17-7-9-21-43(35)45/h1-34H. The van der Waals surface area contributed by atoms with Crippen molar-refractivity contribution < 1.29 is 8.83 Å². The Balaban J connectivity index is 1.18. The highest BCUT2D eigenvalue weighted by molar-refractivity contribution is 6.25. The molecule has 0 aliphatic rings. The molecule has 0 N–H and O–H groups in total. The molecule has 9 aromatic carbocycles. The summed E-state index contributed by atoms with van der Waals surface area (Å²) >= 11 is 0. The summed E-state index contributed by atoms with van der Waals surface area (Å²) in [5, 5.41) is 7.06. The Bertz CT molecular complexity index is 3100. The lowest BCUT2D eigenvalue weighted by Gasteiger charge is -2.15. The zero-order valence-corrected chi connectivity index (χ0v) is 30.4. The predicted molar refractivity (Wildman–Crippen MR) is 234 cm³/mol. The third kappa shape index (κ3) is 5.19. The second kappa shape index (κ2) is 13.2. The molecule has 11 aromatic rings. The van der Waals surface area contributed by atoms with Crippen LogP contribution < -0.4 is 0 Å². The van der Waals surface area contributed by atoms with Gasteiger partial charge in [-0.2, -0.15) is 0 Å². The SMILES string of the molecule is c1ccc(-c2coc3c(-c4ccc(-c5cccc6ccccc56)cc4)c4occ(-c5ccccc5)c4c(-c4ccc(-c5cccc6ccccc56)cc4)c23)cc1. The van der Waals surface area contributed by atoms with Crippen LogP contribution in [0.25, 0.3) is 110 Å². The minimum atomic E-state index is 0.802. The van der Waals surface area contributed by atoms with E-state index in [-0.39, 0.29) is 0 Å². The van der Waals surface area contributed by atoms with Crippen LogP contribution in [0.2, 0.25) is 0 Å². The van der Waals surface area contributed by atoms with Gasteiger partial charge in [-0.05, 0) is 66.1 Å². The molecule has 2 nitrogen and oxygen atoms in total. The summed E-state index contributed by atoms with van der Waals surface area (Å²) in [6, 6.07) is 69.2. The van der Waals surface area contributed by atoms with E-state index in [2.05, 4.69) is 194 Å². The monoisotopic (exact) mass is 714 g/mol. The Hall–Kier alpha value is -7.42. The summed E-state index contributed by atoms with van der Waals surface area (Å²) in [7, 11) is 0. The Morgan fingerprint density at radius 3 is 1.07 bits per heavy atom. The van der Waals surface area contributed by atoms with Gasteiger partial charge in [0.25, 0.3) is 0 Å². The molecule has 0 saturated carbocycles. The Labute approximate surface area is 324 Å². The van der Waals surface area contributed by atoms with E-state index in [4.69, 9.17) is 8.83 Å². The van der Waals surface area contributed by atoms with E-state index in [1.165, 1.54) is 38.2 Å². The highest BCUT2D eigenvalue weighted by atomic mass is 16.3. The van der Waals surface area contributed by atoms with Crippen molar-refractivity contribution in [2.75, 3.05) is 0 Å². The fourth-order valence-corrected chi connectivity index (χ4v) is 8.61. The second-order valence-electron chi connectivity index (χ2n) is 14.4. The minimum Gasteiger partial charge on any atom is -0.463 e. The molecule has 0 amide bonds. The molecule has 0 fully saturated rings. The van der Waals surface area contributed by atoms with Crippen LogP contribution in [-0.2, 0) is 0 Å². The van der Waals surface area contributed by atoms with Crippen LogP contribution >= 0.6 is 0 Å². The molecule has 0 spiro atoms. The van der Waals surface area contributed by atoms with Crippen LogP contribution in [0.3, 0.4) is 0 Å². The zero-order chi connectivity index (χ0) is 37.0. The number of benzene rings is 9. The Kier molecular flexibility index (Phi) is 7.53. The molecule has 262 valence electrons. The van der Waals surface area contributed by atoms with Gasteiger partial charge < -0.3 is 8.83 Å². The average molecular weight is 715 g/mol. The van der Waals surface area contributed by atoms with Crippen LogP contribution in [0, 0.1) is 0 Å². The van der Waals surface area contributed by atoms with E-state index < -0.39 is 0 Å². The van der Waals surface area contributed by atoms with Gasteiger partial charge in [-0.15, -0.1) is 0 Å². The minimum absolute atomic E-state index is 0.802. The van der Waals surface area contributed by atoms with Crippen molar-refractivity contribution in [3.8, 4) is 66.8 Å². The molecule has 2 heterocycles. The molecule has 0 atom stereocenters. The predicted octanol–water partition coefficient (Wildman–Crippen LogP) is 15.5. The quantitative estimate of drug-likeness (QED) is 0.171. The molecule has 0 bridgehead atoms. The summed E-state index contributed by atoms with van der Waals surface area (Å²) in [6.45, 7) is 0. The maximum atomic E-state index is 6.73. The van der Waals surface area contributed by atoms with Gasteiger partial charge in [0.1, 0.15) is 11.2 Å². The van der Waals surface area contributed by atoms with Crippen LogP contribution in [0.15, 0.2) is 215 Å². The first-order valence-electron chi connectivity index (χ1n) is 19.1.